The summed E-state index contributed by atoms with van der Waals surface area (Å²) in [5, 5.41) is 0. The first-order valence-corrected chi connectivity index (χ1v) is 7.14. The molecular weight excluding hydrogens is 222 g/mol. The van der Waals surface area contributed by atoms with Gasteiger partial charge < -0.3 is 10.5 Å². The summed E-state index contributed by atoms with van der Waals surface area (Å²) in [5.74, 6) is 1.53. The minimum absolute atomic E-state index is 0.305. The second-order valence-electron chi connectivity index (χ2n) is 5.54. The predicted octanol–water partition coefficient (Wildman–Crippen LogP) is 3.59. The van der Waals surface area contributed by atoms with Crippen molar-refractivity contribution >= 4 is 0 Å². The van der Waals surface area contributed by atoms with Gasteiger partial charge in [0.25, 0.3) is 0 Å². The maximum Gasteiger partial charge on any atom is 0.120 e. The molecule has 1 aromatic carbocycles. The van der Waals surface area contributed by atoms with E-state index in [0.29, 0.717) is 12.0 Å². The van der Waals surface area contributed by atoms with E-state index in [4.69, 9.17) is 10.5 Å². The number of ether oxygens (including phenoxy) is 1. The second-order valence-corrected chi connectivity index (χ2v) is 5.54. The van der Waals surface area contributed by atoms with E-state index < -0.39 is 0 Å². The molecule has 2 unspecified atom stereocenters. The summed E-state index contributed by atoms with van der Waals surface area (Å²) >= 11 is 0. The Kier molecular flexibility index (Phi) is 4.65. The number of hydrogen-bond acceptors (Lipinski definition) is 2. The SMILES string of the molecule is Cc1ccc(OC2CCCCCC2CN)cc1C. The highest BCUT2D eigenvalue weighted by Gasteiger charge is 2.24. The van der Waals surface area contributed by atoms with Crippen LogP contribution in [0.3, 0.4) is 0 Å². The highest BCUT2D eigenvalue weighted by Crippen LogP contribution is 2.27. The number of benzene rings is 1. The number of nitrogens with two attached hydrogens (primary N) is 1. The third-order valence-electron chi connectivity index (χ3n) is 4.16. The molecule has 0 heterocycles. The molecule has 1 saturated carbocycles. The van der Waals surface area contributed by atoms with Crippen LogP contribution in [-0.2, 0) is 0 Å². The summed E-state index contributed by atoms with van der Waals surface area (Å²) in [7, 11) is 0. The van der Waals surface area contributed by atoms with E-state index in [0.717, 1.165) is 18.7 Å². The third kappa shape index (κ3) is 3.26. The maximum absolute atomic E-state index is 6.19. The Morgan fingerprint density at radius 3 is 2.61 bits per heavy atom. The van der Waals surface area contributed by atoms with Crippen LogP contribution in [0.4, 0.5) is 0 Å². The van der Waals surface area contributed by atoms with Crippen molar-refractivity contribution in [3.8, 4) is 5.75 Å². The lowest BCUT2D eigenvalue weighted by molar-refractivity contribution is 0.129. The molecule has 0 amide bonds. The average molecular weight is 247 g/mol. The van der Waals surface area contributed by atoms with Crippen molar-refractivity contribution in [3.63, 3.8) is 0 Å². The quantitative estimate of drug-likeness (QED) is 0.828. The fraction of sp³-hybridized carbons (Fsp3) is 0.625. The zero-order valence-electron chi connectivity index (χ0n) is 11.6. The monoisotopic (exact) mass is 247 g/mol. The van der Waals surface area contributed by atoms with Gasteiger partial charge in [-0.05, 0) is 62.9 Å². The van der Waals surface area contributed by atoms with E-state index in [2.05, 4.69) is 32.0 Å². The number of hydrogen-bond donors (Lipinski definition) is 1. The van der Waals surface area contributed by atoms with E-state index in [-0.39, 0.29) is 0 Å². The molecule has 2 nitrogen and oxygen atoms in total. The van der Waals surface area contributed by atoms with Crippen molar-refractivity contribution < 1.29 is 4.74 Å². The summed E-state index contributed by atoms with van der Waals surface area (Å²) in [6.45, 7) is 5.01. The normalized spacial score (nSPS) is 24.6. The van der Waals surface area contributed by atoms with Crippen molar-refractivity contribution in [2.45, 2.75) is 52.1 Å². The van der Waals surface area contributed by atoms with Crippen LogP contribution in [0.2, 0.25) is 0 Å². The first-order valence-electron chi connectivity index (χ1n) is 7.14. The largest absolute Gasteiger partial charge is 0.490 e. The highest BCUT2D eigenvalue weighted by atomic mass is 16.5. The zero-order chi connectivity index (χ0) is 13.0. The van der Waals surface area contributed by atoms with Gasteiger partial charge in [0.05, 0.1) is 0 Å². The van der Waals surface area contributed by atoms with Crippen LogP contribution in [0, 0.1) is 19.8 Å². The summed E-state index contributed by atoms with van der Waals surface area (Å²) in [5.41, 5.74) is 8.51. The van der Waals surface area contributed by atoms with Crippen molar-refractivity contribution in [1.82, 2.24) is 0 Å². The van der Waals surface area contributed by atoms with Gasteiger partial charge in [0.15, 0.2) is 0 Å². The smallest absolute Gasteiger partial charge is 0.120 e. The fourth-order valence-corrected chi connectivity index (χ4v) is 2.74. The predicted molar refractivity (Wildman–Crippen MR) is 76.0 cm³/mol. The molecule has 0 saturated heterocycles. The number of aryl methyl sites for hydroxylation is 2. The Bertz CT molecular complexity index is 389. The van der Waals surface area contributed by atoms with Crippen molar-refractivity contribution in [2.75, 3.05) is 6.54 Å². The van der Waals surface area contributed by atoms with Crippen LogP contribution in [0.15, 0.2) is 18.2 Å². The standard InChI is InChI=1S/C16H25NO/c1-12-8-9-15(10-13(12)2)18-16-7-5-3-4-6-14(16)11-17/h8-10,14,16H,3-7,11,17H2,1-2H3. The van der Waals surface area contributed by atoms with E-state index in [1.807, 2.05) is 0 Å². The molecule has 2 heteroatoms. The molecule has 1 aliphatic rings. The Balaban J connectivity index is 2.07. The first kappa shape index (κ1) is 13.4. The lowest BCUT2D eigenvalue weighted by Gasteiger charge is -2.25. The molecule has 0 bridgehead atoms. The van der Waals surface area contributed by atoms with Gasteiger partial charge in [-0.25, -0.2) is 0 Å². The topological polar surface area (TPSA) is 35.2 Å². The molecule has 0 spiro atoms. The molecular formula is C16H25NO. The van der Waals surface area contributed by atoms with Crippen LogP contribution >= 0.6 is 0 Å². The summed E-state index contributed by atoms with van der Waals surface area (Å²) < 4.78 is 6.19. The van der Waals surface area contributed by atoms with Crippen LogP contribution in [0.25, 0.3) is 0 Å². The second kappa shape index (κ2) is 6.24. The molecule has 1 fully saturated rings. The van der Waals surface area contributed by atoms with E-state index in [1.165, 1.54) is 36.8 Å². The van der Waals surface area contributed by atoms with E-state index in [1.54, 1.807) is 0 Å². The highest BCUT2D eigenvalue weighted by molar-refractivity contribution is 5.33. The Morgan fingerprint density at radius 1 is 1.11 bits per heavy atom. The fourth-order valence-electron chi connectivity index (χ4n) is 2.74. The Labute approximate surface area is 111 Å². The minimum atomic E-state index is 0.305. The van der Waals surface area contributed by atoms with Crippen LogP contribution in [0.5, 0.6) is 5.75 Å². The molecule has 100 valence electrons. The van der Waals surface area contributed by atoms with Gasteiger partial charge >= 0.3 is 0 Å². The molecule has 0 aromatic heterocycles. The van der Waals surface area contributed by atoms with Crippen LogP contribution < -0.4 is 10.5 Å². The first-order chi connectivity index (χ1) is 8.70. The van der Waals surface area contributed by atoms with Crippen molar-refractivity contribution in [1.29, 1.82) is 0 Å². The van der Waals surface area contributed by atoms with Gasteiger partial charge in [0.2, 0.25) is 0 Å². The van der Waals surface area contributed by atoms with Gasteiger partial charge in [0.1, 0.15) is 11.9 Å². The van der Waals surface area contributed by atoms with Gasteiger partial charge in [-0.2, -0.15) is 0 Å². The van der Waals surface area contributed by atoms with Gasteiger partial charge in [-0.3, -0.25) is 0 Å². The lowest BCUT2D eigenvalue weighted by Crippen LogP contribution is -2.31. The summed E-state index contributed by atoms with van der Waals surface area (Å²) in [6.07, 6.45) is 6.56. The Hall–Kier alpha value is -1.02. The lowest BCUT2D eigenvalue weighted by atomic mass is 9.97. The Morgan fingerprint density at radius 2 is 1.89 bits per heavy atom. The molecule has 2 N–H and O–H groups in total. The van der Waals surface area contributed by atoms with Crippen LogP contribution in [0.1, 0.15) is 43.2 Å². The van der Waals surface area contributed by atoms with Crippen LogP contribution in [-0.4, -0.2) is 12.6 Å². The molecule has 1 aliphatic carbocycles. The minimum Gasteiger partial charge on any atom is -0.490 e. The molecule has 0 aliphatic heterocycles. The van der Waals surface area contributed by atoms with Crippen molar-refractivity contribution in [2.24, 2.45) is 11.7 Å². The van der Waals surface area contributed by atoms with E-state index >= 15 is 0 Å². The molecule has 1 aromatic rings. The molecule has 18 heavy (non-hydrogen) atoms. The zero-order valence-corrected chi connectivity index (χ0v) is 11.6. The maximum atomic E-state index is 6.19. The third-order valence-corrected chi connectivity index (χ3v) is 4.16. The van der Waals surface area contributed by atoms with Gasteiger partial charge in [-0.1, -0.05) is 18.9 Å². The van der Waals surface area contributed by atoms with Crippen molar-refractivity contribution in [3.05, 3.63) is 29.3 Å². The average Bonchev–Trinajstić information content (AvgIpc) is 2.59. The summed E-state index contributed by atoms with van der Waals surface area (Å²) in [4.78, 5) is 0. The molecule has 2 rings (SSSR count). The molecule has 2 atom stereocenters. The number of rotatable bonds is 3. The van der Waals surface area contributed by atoms with Gasteiger partial charge in [-0.15, -0.1) is 0 Å². The summed E-state index contributed by atoms with van der Waals surface area (Å²) in [6, 6.07) is 6.37. The molecule has 0 radical (unpaired) electrons. The van der Waals surface area contributed by atoms with Gasteiger partial charge in [0, 0.05) is 5.92 Å². The van der Waals surface area contributed by atoms with E-state index in [9.17, 15) is 0 Å².